The number of nitrogens with zero attached hydrogens (tertiary/aromatic N) is 2. The number of aryl methyl sites for hydroxylation is 1. The number of nitriles is 1. The van der Waals surface area contributed by atoms with E-state index < -0.39 is 17.1 Å². The Morgan fingerprint density at radius 3 is 2.62 bits per heavy atom. The number of carbonyl (C=O) groups excluding carboxylic acids is 3. The second kappa shape index (κ2) is 9.08. The number of hydrogen-bond acceptors (Lipinski definition) is 6. The summed E-state index contributed by atoms with van der Waals surface area (Å²) >= 11 is 0.790. The molecule has 0 unspecified atom stereocenters. The predicted octanol–water partition coefficient (Wildman–Crippen LogP) is 3.57. The first-order chi connectivity index (χ1) is 14.0. The van der Waals surface area contributed by atoms with Gasteiger partial charge in [0.15, 0.2) is 6.61 Å². The molecule has 1 aliphatic rings. The second-order valence-corrected chi connectivity index (χ2v) is 7.14. The maximum atomic E-state index is 12.6. The van der Waals surface area contributed by atoms with Crippen LogP contribution < -0.4 is 10.1 Å². The Morgan fingerprint density at radius 1 is 1.21 bits per heavy atom. The van der Waals surface area contributed by atoms with Crippen LogP contribution in [0.2, 0.25) is 0 Å². The lowest BCUT2D eigenvalue weighted by atomic mass is 10.2. The summed E-state index contributed by atoms with van der Waals surface area (Å²) < 4.78 is 5.18. The molecule has 1 aliphatic heterocycles. The summed E-state index contributed by atoms with van der Waals surface area (Å²) in [6, 6.07) is 15.9. The van der Waals surface area contributed by atoms with E-state index in [1.165, 1.54) is 0 Å². The molecule has 1 N–H and O–H groups in total. The Kier molecular flexibility index (Phi) is 6.32. The minimum atomic E-state index is -0.509. The highest BCUT2D eigenvalue weighted by molar-refractivity contribution is 8.18. The number of benzene rings is 2. The molecule has 7 nitrogen and oxygen atoms in total. The van der Waals surface area contributed by atoms with Crippen LogP contribution in [0, 0.1) is 18.3 Å². The molecule has 3 amide bonds. The first-order valence-corrected chi connectivity index (χ1v) is 9.50. The molecule has 146 valence electrons. The Balaban J connectivity index is 1.66. The molecule has 2 aromatic carbocycles. The number of rotatable bonds is 6. The molecule has 0 radical (unpaired) electrons. The Labute approximate surface area is 172 Å². The van der Waals surface area contributed by atoms with Gasteiger partial charge in [-0.1, -0.05) is 30.3 Å². The van der Waals surface area contributed by atoms with Crippen LogP contribution in [-0.4, -0.2) is 35.1 Å². The second-order valence-electron chi connectivity index (χ2n) is 6.15. The first kappa shape index (κ1) is 20.2. The fraction of sp³-hybridized carbons (Fsp3) is 0.143. The largest absolute Gasteiger partial charge is 0.479 e. The third-order valence-electron chi connectivity index (χ3n) is 4.08. The van der Waals surface area contributed by atoms with E-state index in [0.717, 1.165) is 22.2 Å². The maximum absolute atomic E-state index is 12.6. The molecular weight excluding hydrogens is 390 g/mol. The third kappa shape index (κ3) is 5.03. The molecule has 0 spiro atoms. The number of para-hydroxylation sites is 1. The average Bonchev–Trinajstić information content (AvgIpc) is 2.96. The molecule has 1 heterocycles. The lowest BCUT2D eigenvalue weighted by Crippen LogP contribution is -2.36. The monoisotopic (exact) mass is 407 g/mol. The molecule has 0 aliphatic carbocycles. The summed E-state index contributed by atoms with van der Waals surface area (Å²) in [5.74, 6) is -0.420. The molecule has 0 saturated carbocycles. The molecule has 3 rings (SSSR count). The summed E-state index contributed by atoms with van der Waals surface area (Å²) in [6.45, 7) is 1.45. The number of thioether (sulfide) groups is 1. The molecule has 1 saturated heterocycles. The van der Waals surface area contributed by atoms with Crippen LogP contribution in [0.1, 0.15) is 11.1 Å². The van der Waals surface area contributed by atoms with Crippen LogP contribution in [0.5, 0.6) is 5.75 Å². The smallest absolute Gasteiger partial charge is 0.294 e. The normalized spacial score (nSPS) is 14.8. The maximum Gasteiger partial charge on any atom is 0.294 e. The van der Waals surface area contributed by atoms with Crippen molar-refractivity contribution < 1.29 is 19.1 Å². The van der Waals surface area contributed by atoms with Crippen molar-refractivity contribution in [2.45, 2.75) is 6.92 Å². The summed E-state index contributed by atoms with van der Waals surface area (Å²) in [5, 5.41) is 10.7. The number of anilines is 1. The van der Waals surface area contributed by atoms with Crippen molar-refractivity contribution >= 4 is 40.6 Å². The zero-order valence-corrected chi connectivity index (χ0v) is 16.4. The van der Waals surface area contributed by atoms with Gasteiger partial charge in [0.05, 0.1) is 4.91 Å². The van der Waals surface area contributed by atoms with Crippen molar-refractivity contribution in [1.29, 1.82) is 5.26 Å². The van der Waals surface area contributed by atoms with E-state index in [1.807, 2.05) is 25.1 Å². The van der Waals surface area contributed by atoms with Gasteiger partial charge in [-0.3, -0.25) is 19.3 Å². The molecule has 0 aromatic heterocycles. The zero-order valence-electron chi connectivity index (χ0n) is 15.5. The van der Waals surface area contributed by atoms with Crippen LogP contribution in [0.25, 0.3) is 6.08 Å². The molecule has 8 heteroatoms. The minimum Gasteiger partial charge on any atom is -0.479 e. The number of imide groups is 1. The first-order valence-electron chi connectivity index (χ1n) is 8.68. The number of ether oxygens (including phenoxy) is 1. The standard InChI is InChI=1S/C21H17N3O4S/c1-14-4-2-3-5-17(14)23-19(25)13-24-20(26)18(29-21(24)27)12-15-6-8-16(9-7-15)28-11-10-22/h2-9,12H,11,13H2,1H3,(H,23,25)/b18-12-. The molecule has 0 atom stereocenters. The summed E-state index contributed by atoms with van der Waals surface area (Å²) in [5.41, 5.74) is 2.22. The van der Waals surface area contributed by atoms with Crippen LogP contribution >= 0.6 is 11.8 Å². The van der Waals surface area contributed by atoms with Crippen molar-refractivity contribution in [3.05, 3.63) is 64.6 Å². The predicted molar refractivity (Wildman–Crippen MR) is 110 cm³/mol. The number of amides is 3. The van der Waals surface area contributed by atoms with Gasteiger partial charge in [-0.05, 0) is 54.1 Å². The number of carbonyl (C=O) groups is 3. The van der Waals surface area contributed by atoms with E-state index in [4.69, 9.17) is 10.00 Å². The molecular formula is C21H17N3O4S. The summed E-state index contributed by atoms with van der Waals surface area (Å²) in [7, 11) is 0. The van der Waals surface area contributed by atoms with E-state index in [2.05, 4.69) is 5.32 Å². The van der Waals surface area contributed by atoms with Crippen molar-refractivity contribution in [3.63, 3.8) is 0 Å². The van der Waals surface area contributed by atoms with Crippen LogP contribution in [0.4, 0.5) is 10.5 Å². The van der Waals surface area contributed by atoms with Gasteiger partial charge in [-0.25, -0.2) is 0 Å². The molecule has 0 bridgehead atoms. The van der Waals surface area contributed by atoms with E-state index in [-0.39, 0.29) is 18.1 Å². The van der Waals surface area contributed by atoms with E-state index in [1.54, 1.807) is 42.5 Å². The Hall–Kier alpha value is -3.57. The topological polar surface area (TPSA) is 99.5 Å². The van der Waals surface area contributed by atoms with E-state index in [0.29, 0.717) is 17.0 Å². The molecule has 1 fully saturated rings. The van der Waals surface area contributed by atoms with Crippen LogP contribution in [0.3, 0.4) is 0 Å². The summed E-state index contributed by atoms with van der Waals surface area (Å²) in [6.07, 6.45) is 1.58. The summed E-state index contributed by atoms with van der Waals surface area (Å²) in [4.78, 5) is 38.2. The quantitative estimate of drug-likeness (QED) is 0.735. The van der Waals surface area contributed by atoms with Crippen LogP contribution in [0.15, 0.2) is 53.4 Å². The Morgan fingerprint density at radius 2 is 1.93 bits per heavy atom. The third-order valence-corrected chi connectivity index (χ3v) is 4.98. The van der Waals surface area contributed by atoms with Crippen molar-refractivity contribution in [1.82, 2.24) is 4.90 Å². The van der Waals surface area contributed by atoms with Crippen molar-refractivity contribution in [3.8, 4) is 11.8 Å². The zero-order chi connectivity index (χ0) is 20.8. The van der Waals surface area contributed by atoms with Gasteiger partial charge >= 0.3 is 0 Å². The highest BCUT2D eigenvalue weighted by Gasteiger charge is 2.36. The fourth-order valence-corrected chi connectivity index (χ4v) is 3.45. The van der Waals surface area contributed by atoms with Gasteiger partial charge in [-0.15, -0.1) is 0 Å². The van der Waals surface area contributed by atoms with E-state index >= 15 is 0 Å². The van der Waals surface area contributed by atoms with Crippen LogP contribution in [-0.2, 0) is 9.59 Å². The van der Waals surface area contributed by atoms with Gasteiger partial charge in [0.1, 0.15) is 18.4 Å². The lowest BCUT2D eigenvalue weighted by Gasteiger charge is -2.13. The van der Waals surface area contributed by atoms with Gasteiger partial charge in [-0.2, -0.15) is 5.26 Å². The lowest BCUT2D eigenvalue weighted by molar-refractivity contribution is -0.127. The van der Waals surface area contributed by atoms with E-state index in [9.17, 15) is 14.4 Å². The SMILES string of the molecule is Cc1ccccc1NC(=O)CN1C(=O)S/C(=C\c2ccc(OCC#N)cc2)C1=O. The van der Waals surface area contributed by atoms with Crippen molar-refractivity contribution in [2.24, 2.45) is 0 Å². The average molecular weight is 407 g/mol. The van der Waals surface area contributed by atoms with Gasteiger partial charge in [0, 0.05) is 5.69 Å². The van der Waals surface area contributed by atoms with Crippen molar-refractivity contribution in [2.75, 3.05) is 18.5 Å². The van der Waals surface area contributed by atoms with Gasteiger partial charge < -0.3 is 10.1 Å². The highest BCUT2D eigenvalue weighted by atomic mass is 32.2. The highest BCUT2D eigenvalue weighted by Crippen LogP contribution is 2.32. The molecule has 29 heavy (non-hydrogen) atoms. The number of nitrogens with one attached hydrogen (secondary N) is 1. The van der Waals surface area contributed by atoms with Gasteiger partial charge in [0.25, 0.3) is 11.1 Å². The minimum absolute atomic E-state index is 0.0528. The Bertz CT molecular complexity index is 1020. The molecule has 2 aromatic rings. The van der Waals surface area contributed by atoms with Gasteiger partial charge in [0.2, 0.25) is 5.91 Å². The number of hydrogen-bond donors (Lipinski definition) is 1. The fourth-order valence-electron chi connectivity index (χ4n) is 2.61.